The first-order valence-corrected chi connectivity index (χ1v) is 17.0. The molecule has 0 unspecified atom stereocenters. The number of carbonyl (C=O) groups is 1. The average Bonchev–Trinajstić information content (AvgIpc) is 3.44. The highest BCUT2D eigenvalue weighted by atomic mass is 19.1. The number of amides is 1. The molecule has 9 heteroatoms. The number of non-ortho nitro benzene ring substituents is 1. The lowest BCUT2D eigenvalue weighted by Gasteiger charge is -2.41. The largest absolute Gasteiger partial charge is 0.347 e. The molecule has 6 rings (SSSR count). The van der Waals surface area contributed by atoms with Crippen molar-refractivity contribution in [2.45, 2.75) is 77.4 Å². The molecule has 0 spiro atoms. The first-order valence-electron chi connectivity index (χ1n) is 17.0. The van der Waals surface area contributed by atoms with E-state index in [-0.39, 0.29) is 35.5 Å². The second-order valence-electron chi connectivity index (χ2n) is 13.5. The smallest absolute Gasteiger partial charge is 0.269 e. The molecular weight excluding hydrogens is 633 g/mol. The van der Waals surface area contributed by atoms with E-state index < -0.39 is 10.7 Å². The van der Waals surface area contributed by atoms with Crippen molar-refractivity contribution in [1.29, 1.82) is 0 Å². The van der Waals surface area contributed by atoms with Crippen molar-refractivity contribution in [3.05, 3.63) is 142 Å². The average molecular weight is 676 g/mol. The third-order valence-electron chi connectivity index (χ3n) is 9.00. The van der Waals surface area contributed by atoms with Gasteiger partial charge in [-0.3, -0.25) is 14.9 Å². The molecule has 258 valence electrons. The summed E-state index contributed by atoms with van der Waals surface area (Å²) in [6.07, 6.45) is 1.50. The van der Waals surface area contributed by atoms with Gasteiger partial charge < -0.3 is 19.4 Å². The highest BCUT2D eigenvalue weighted by Crippen LogP contribution is 2.43. The molecule has 0 saturated carbocycles. The maximum absolute atomic E-state index is 14.4. The Balaban J connectivity index is 1.40. The minimum absolute atomic E-state index is 0.0369. The fourth-order valence-corrected chi connectivity index (χ4v) is 7.02. The Morgan fingerprint density at radius 3 is 2.14 bits per heavy atom. The van der Waals surface area contributed by atoms with Crippen LogP contribution in [0.4, 0.5) is 15.8 Å². The third-order valence-corrected chi connectivity index (χ3v) is 9.00. The van der Waals surface area contributed by atoms with E-state index in [1.54, 1.807) is 24.3 Å². The second kappa shape index (κ2) is 14.8. The van der Waals surface area contributed by atoms with E-state index in [0.717, 1.165) is 33.6 Å². The molecule has 1 aliphatic rings. The molecule has 8 nitrogen and oxygen atoms in total. The molecule has 50 heavy (non-hydrogen) atoms. The van der Waals surface area contributed by atoms with Gasteiger partial charge in [0.1, 0.15) is 5.82 Å². The summed E-state index contributed by atoms with van der Waals surface area (Å²) < 4.78 is 29.3. The fraction of sp³-hybridized carbons (Fsp3) is 0.293. The van der Waals surface area contributed by atoms with Crippen LogP contribution in [0.15, 0.2) is 109 Å². The topological polar surface area (TPSA) is 95.6 Å². The Labute approximate surface area is 292 Å². The van der Waals surface area contributed by atoms with Crippen LogP contribution >= 0.6 is 0 Å². The van der Waals surface area contributed by atoms with Gasteiger partial charge in [0.25, 0.3) is 11.6 Å². The molecule has 0 bridgehead atoms. The van der Waals surface area contributed by atoms with E-state index in [9.17, 15) is 19.3 Å². The van der Waals surface area contributed by atoms with Crippen LogP contribution in [0.2, 0.25) is 0 Å². The van der Waals surface area contributed by atoms with E-state index in [1.807, 2.05) is 74.5 Å². The first kappa shape index (κ1) is 34.7. The van der Waals surface area contributed by atoms with Crippen LogP contribution in [0, 0.1) is 15.9 Å². The molecule has 1 aromatic heterocycles. The number of ether oxygens (including phenoxy) is 2. The fourth-order valence-electron chi connectivity index (χ4n) is 7.02. The molecular formula is C41H42FN3O5. The minimum atomic E-state index is -0.846. The molecule has 5 aromatic rings. The molecule has 4 aromatic carbocycles. The zero-order chi connectivity index (χ0) is 35.4. The number of rotatable bonds is 11. The normalized spacial score (nSPS) is 17.1. The van der Waals surface area contributed by atoms with Crippen LogP contribution in [0.1, 0.15) is 68.1 Å². The van der Waals surface area contributed by atoms with Gasteiger partial charge in [0.2, 0.25) is 0 Å². The predicted molar refractivity (Wildman–Crippen MR) is 194 cm³/mol. The Kier molecular flexibility index (Phi) is 10.3. The maximum atomic E-state index is 14.4. The summed E-state index contributed by atoms with van der Waals surface area (Å²) in [5, 5.41) is 14.3. The van der Waals surface area contributed by atoms with Crippen LogP contribution < -0.4 is 5.32 Å². The van der Waals surface area contributed by atoms with Gasteiger partial charge in [0.05, 0.1) is 28.4 Å². The lowest BCUT2D eigenvalue weighted by Crippen LogP contribution is -2.45. The molecule has 1 saturated heterocycles. The second-order valence-corrected chi connectivity index (χ2v) is 13.5. The summed E-state index contributed by atoms with van der Waals surface area (Å²) in [4.78, 5) is 25.1. The van der Waals surface area contributed by atoms with Crippen molar-refractivity contribution in [1.82, 2.24) is 4.57 Å². The van der Waals surface area contributed by atoms with Gasteiger partial charge in [0, 0.05) is 42.0 Å². The van der Waals surface area contributed by atoms with Gasteiger partial charge in [-0.05, 0) is 85.7 Å². The van der Waals surface area contributed by atoms with Gasteiger partial charge in [-0.25, -0.2) is 4.39 Å². The number of halogens is 1. The number of nitrogens with zero attached hydrogens (tertiary/aromatic N) is 2. The number of anilines is 1. The molecule has 2 atom stereocenters. The quantitative estimate of drug-likeness (QED) is 0.111. The number of nitro benzene ring substituents is 1. The zero-order valence-corrected chi connectivity index (χ0v) is 28.8. The summed E-state index contributed by atoms with van der Waals surface area (Å²) in [5.74, 6) is -1.43. The van der Waals surface area contributed by atoms with Crippen LogP contribution in [0.25, 0.3) is 22.4 Å². The number of carbonyl (C=O) groups excluding carboxylic acids is 1. The van der Waals surface area contributed by atoms with Gasteiger partial charge >= 0.3 is 0 Å². The Bertz CT molecular complexity index is 1940. The molecule has 2 heterocycles. The van der Waals surface area contributed by atoms with E-state index >= 15 is 0 Å². The summed E-state index contributed by atoms with van der Waals surface area (Å²) in [6.45, 7) is 8.51. The molecule has 1 amide bonds. The zero-order valence-electron chi connectivity index (χ0n) is 28.8. The number of aromatic nitrogens is 1. The summed E-state index contributed by atoms with van der Waals surface area (Å²) in [6, 6.07) is 32.3. The van der Waals surface area contributed by atoms with E-state index in [4.69, 9.17) is 9.47 Å². The van der Waals surface area contributed by atoms with Crippen molar-refractivity contribution in [3.63, 3.8) is 0 Å². The lowest BCUT2D eigenvalue weighted by atomic mass is 9.94. The van der Waals surface area contributed by atoms with Crippen molar-refractivity contribution < 1.29 is 23.6 Å². The highest BCUT2D eigenvalue weighted by molar-refractivity contribution is 6.12. The minimum Gasteiger partial charge on any atom is -0.347 e. The van der Waals surface area contributed by atoms with Crippen LogP contribution in [-0.2, 0) is 22.4 Å². The maximum Gasteiger partial charge on any atom is 0.269 e. The van der Waals surface area contributed by atoms with Crippen molar-refractivity contribution in [2.24, 2.45) is 0 Å². The first-order chi connectivity index (χ1) is 24.0. The molecule has 1 fully saturated rings. The van der Waals surface area contributed by atoms with Crippen LogP contribution in [0.5, 0.6) is 0 Å². The molecule has 1 aliphatic heterocycles. The Morgan fingerprint density at radius 2 is 1.52 bits per heavy atom. The molecule has 1 N–H and O–H groups in total. The van der Waals surface area contributed by atoms with E-state index in [2.05, 4.69) is 23.7 Å². The van der Waals surface area contributed by atoms with Gasteiger partial charge in [-0.15, -0.1) is 0 Å². The van der Waals surface area contributed by atoms with Gasteiger partial charge in [-0.2, -0.15) is 0 Å². The van der Waals surface area contributed by atoms with Crippen molar-refractivity contribution >= 4 is 17.3 Å². The van der Waals surface area contributed by atoms with Crippen molar-refractivity contribution in [2.75, 3.05) is 5.32 Å². The number of hydrogen-bond acceptors (Lipinski definition) is 5. The van der Waals surface area contributed by atoms with Crippen molar-refractivity contribution in [3.8, 4) is 22.4 Å². The summed E-state index contributed by atoms with van der Waals surface area (Å²) >= 11 is 0. The number of nitrogens with one attached hydrogen (secondary N) is 1. The number of para-hydroxylation sites is 1. The van der Waals surface area contributed by atoms with Gasteiger partial charge in [0.15, 0.2) is 5.79 Å². The SMILES string of the molecule is CC(C)c1c(C(=O)Nc2ccccc2)c(-c2ccccc2)c(-c2ccc(F)cc2)n1CC[C@@H]1C[C@H](Cc2ccc([N+](=O)[O-])cc2)OC(C)(C)O1. The standard InChI is InChI=1S/C41H42FN3O5/c1-27(2)38-37(40(46)43-32-13-9-6-10-14-32)36(29-11-7-5-8-12-29)39(30-17-19-31(42)20-18-30)44(38)24-23-34-26-35(50-41(3,4)49-34)25-28-15-21-33(22-16-28)45(47)48/h5-22,27,34-35H,23-26H2,1-4H3,(H,43,46)/t34-,35+/m1/s1. The number of hydrogen-bond donors (Lipinski definition) is 1. The monoisotopic (exact) mass is 675 g/mol. The predicted octanol–water partition coefficient (Wildman–Crippen LogP) is 9.79. The number of benzene rings is 4. The van der Waals surface area contributed by atoms with Crippen LogP contribution in [0.3, 0.4) is 0 Å². The van der Waals surface area contributed by atoms with E-state index in [0.29, 0.717) is 37.1 Å². The van der Waals surface area contributed by atoms with Gasteiger partial charge in [-0.1, -0.05) is 74.5 Å². The summed E-state index contributed by atoms with van der Waals surface area (Å²) in [7, 11) is 0. The molecule has 0 aliphatic carbocycles. The number of nitro groups is 1. The highest BCUT2D eigenvalue weighted by Gasteiger charge is 2.36. The van der Waals surface area contributed by atoms with Crippen LogP contribution in [-0.4, -0.2) is 33.4 Å². The molecule has 0 radical (unpaired) electrons. The van der Waals surface area contributed by atoms with E-state index in [1.165, 1.54) is 24.3 Å². The lowest BCUT2D eigenvalue weighted by molar-refractivity contribution is -0.384. The Hall–Kier alpha value is -5.12. The third kappa shape index (κ3) is 7.85. The summed E-state index contributed by atoms with van der Waals surface area (Å²) in [5.41, 5.74) is 6.47. The Morgan fingerprint density at radius 1 is 0.900 bits per heavy atom.